The van der Waals surface area contributed by atoms with E-state index in [0.29, 0.717) is 23.1 Å². The van der Waals surface area contributed by atoms with Crippen LogP contribution in [0.5, 0.6) is 0 Å². The van der Waals surface area contributed by atoms with Crippen molar-refractivity contribution in [2.75, 3.05) is 0 Å². The molecule has 5 rings (SSSR count). The molecule has 3 aromatic rings. The smallest absolute Gasteiger partial charge is 0.325 e. The Morgan fingerprint density at radius 2 is 1.93 bits per heavy atom. The van der Waals surface area contributed by atoms with Gasteiger partial charge in [-0.05, 0) is 48.2 Å². The summed E-state index contributed by atoms with van der Waals surface area (Å²) < 4.78 is 5.76. The number of aryl methyl sites for hydroxylation is 1. The Morgan fingerprint density at radius 3 is 2.75 bits per heavy atom. The monoisotopic (exact) mass is 393 g/mol. The van der Waals surface area contributed by atoms with E-state index in [-0.39, 0.29) is 12.5 Å². The molecule has 2 heterocycles. The molecule has 1 spiro atoms. The summed E-state index contributed by atoms with van der Waals surface area (Å²) in [6.45, 7) is -0.0117. The van der Waals surface area contributed by atoms with Crippen LogP contribution in [0.3, 0.4) is 0 Å². The van der Waals surface area contributed by atoms with E-state index in [4.69, 9.17) is 16.0 Å². The third-order valence-electron chi connectivity index (χ3n) is 5.40. The van der Waals surface area contributed by atoms with Gasteiger partial charge in [-0.25, -0.2) is 9.78 Å². The van der Waals surface area contributed by atoms with Gasteiger partial charge in [0.2, 0.25) is 5.89 Å². The number of hydrogen-bond acceptors (Lipinski definition) is 4. The minimum Gasteiger partial charge on any atom is -0.439 e. The van der Waals surface area contributed by atoms with Crippen LogP contribution in [-0.4, -0.2) is 21.8 Å². The van der Waals surface area contributed by atoms with E-state index >= 15 is 0 Å². The van der Waals surface area contributed by atoms with Crippen molar-refractivity contribution in [1.82, 2.24) is 15.2 Å². The second-order valence-corrected chi connectivity index (χ2v) is 7.45. The lowest BCUT2D eigenvalue weighted by atomic mass is 9.92. The predicted molar refractivity (Wildman–Crippen MR) is 102 cm³/mol. The van der Waals surface area contributed by atoms with E-state index in [1.165, 1.54) is 4.90 Å². The second-order valence-electron chi connectivity index (χ2n) is 7.01. The molecule has 1 aliphatic heterocycles. The number of hydrogen-bond donors (Lipinski definition) is 1. The maximum absolute atomic E-state index is 13.2. The average molecular weight is 394 g/mol. The highest BCUT2D eigenvalue weighted by molar-refractivity contribution is 6.30. The second kappa shape index (κ2) is 6.21. The number of rotatable bonds is 3. The predicted octanol–water partition coefficient (Wildman–Crippen LogP) is 3.89. The maximum atomic E-state index is 13.2. The minimum absolute atomic E-state index is 0.0117. The third kappa shape index (κ3) is 2.52. The minimum atomic E-state index is -0.973. The van der Waals surface area contributed by atoms with Crippen molar-refractivity contribution in [3.8, 4) is 11.3 Å². The normalized spacial score (nSPS) is 20.7. The van der Waals surface area contributed by atoms with Crippen molar-refractivity contribution in [3.63, 3.8) is 0 Å². The molecule has 7 heteroatoms. The number of aromatic nitrogens is 1. The molecule has 0 saturated carbocycles. The van der Waals surface area contributed by atoms with Crippen molar-refractivity contribution >= 4 is 23.5 Å². The number of carbonyl (C=O) groups is 2. The zero-order chi connectivity index (χ0) is 19.3. The van der Waals surface area contributed by atoms with E-state index < -0.39 is 11.6 Å². The average Bonchev–Trinajstić information content (AvgIpc) is 3.37. The Kier molecular flexibility index (Phi) is 3.77. The SMILES string of the molecule is O=C1N[C@]2(CCc3ccccc32)C(=O)N1Cc1ncc(-c2ccc(Cl)cc2)o1. The molecule has 0 unspecified atom stereocenters. The standard InChI is InChI=1S/C21H16ClN3O3/c22-15-7-5-14(6-8-15)17-11-23-18(28-17)12-25-19(26)21(24-20(25)27)10-9-13-3-1-2-4-16(13)21/h1-8,11H,9-10,12H2,(H,24,27)/t21-/m0/s1. The fourth-order valence-corrected chi connectivity index (χ4v) is 4.13. The number of amides is 3. The van der Waals surface area contributed by atoms with E-state index in [0.717, 1.165) is 23.1 Å². The fraction of sp³-hybridized carbons (Fsp3) is 0.190. The Hall–Kier alpha value is -3.12. The summed E-state index contributed by atoms with van der Waals surface area (Å²) in [7, 11) is 0. The molecule has 1 saturated heterocycles. The lowest BCUT2D eigenvalue weighted by Crippen LogP contribution is -2.41. The molecule has 0 bridgehead atoms. The van der Waals surface area contributed by atoms with E-state index in [2.05, 4.69) is 10.3 Å². The summed E-state index contributed by atoms with van der Waals surface area (Å²) in [5.74, 6) is 0.602. The lowest BCUT2D eigenvalue weighted by Gasteiger charge is -2.22. The Bertz CT molecular complexity index is 1090. The van der Waals surface area contributed by atoms with Gasteiger partial charge in [-0.3, -0.25) is 9.69 Å². The number of fused-ring (bicyclic) bond motifs is 2. The zero-order valence-corrected chi connectivity index (χ0v) is 15.6. The van der Waals surface area contributed by atoms with E-state index in [1.807, 2.05) is 36.4 Å². The zero-order valence-electron chi connectivity index (χ0n) is 14.8. The molecule has 1 N–H and O–H groups in total. The van der Waals surface area contributed by atoms with Crippen LogP contribution in [0.25, 0.3) is 11.3 Å². The highest BCUT2D eigenvalue weighted by atomic mass is 35.5. The third-order valence-corrected chi connectivity index (χ3v) is 5.65. The van der Waals surface area contributed by atoms with Crippen LogP contribution < -0.4 is 5.32 Å². The Balaban J connectivity index is 1.40. The number of carbonyl (C=O) groups excluding carboxylic acids is 2. The quantitative estimate of drug-likeness (QED) is 0.685. The van der Waals surface area contributed by atoms with Gasteiger partial charge in [0.25, 0.3) is 5.91 Å². The number of imide groups is 1. The molecular formula is C21H16ClN3O3. The Morgan fingerprint density at radius 1 is 1.14 bits per heavy atom. The fourth-order valence-electron chi connectivity index (χ4n) is 4.00. The van der Waals surface area contributed by atoms with Gasteiger partial charge in [-0.2, -0.15) is 0 Å². The number of oxazole rings is 1. The molecule has 1 fully saturated rings. The van der Waals surface area contributed by atoms with Crippen LogP contribution in [0.1, 0.15) is 23.4 Å². The molecule has 3 amide bonds. The number of urea groups is 1. The van der Waals surface area contributed by atoms with Gasteiger partial charge in [0.15, 0.2) is 5.76 Å². The maximum Gasteiger partial charge on any atom is 0.325 e. The first-order chi connectivity index (χ1) is 13.6. The van der Waals surface area contributed by atoms with Crippen molar-refractivity contribution in [2.45, 2.75) is 24.9 Å². The summed E-state index contributed by atoms with van der Waals surface area (Å²) in [5.41, 5.74) is 1.82. The molecule has 1 aromatic heterocycles. The molecule has 0 radical (unpaired) electrons. The first kappa shape index (κ1) is 17.0. The van der Waals surface area contributed by atoms with Gasteiger partial charge in [0, 0.05) is 10.6 Å². The molecule has 1 atom stereocenters. The van der Waals surface area contributed by atoms with Crippen LogP contribution in [0, 0.1) is 0 Å². The first-order valence-electron chi connectivity index (χ1n) is 9.00. The van der Waals surface area contributed by atoms with E-state index in [1.54, 1.807) is 18.3 Å². The van der Waals surface area contributed by atoms with Crippen molar-refractivity contribution in [3.05, 3.63) is 76.8 Å². The largest absolute Gasteiger partial charge is 0.439 e. The molecular weight excluding hydrogens is 378 g/mol. The number of halogens is 1. The van der Waals surface area contributed by atoms with E-state index in [9.17, 15) is 9.59 Å². The number of benzene rings is 2. The molecule has 6 nitrogen and oxygen atoms in total. The van der Waals surface area contributed by atoms with Crippen molar-refractivity contribution in [1.29, 1.82) is 0 Å². The first-order valence-corrected chi connectivity index (χ1v) is 9.38. The summed E-state index contributed by atoms with van der Waals surface area (Å²) in [4.78, 5) is 31.2. The molecule has 28 heavy (non-hydrogen) atoms. The van der Waals surface area contributed by atoms with Crippen molar-refractivity contribution in [2.24, 2.45) is 0 Å². The number of nitrogens with zero attached hydrogens (tertiary/aromatic N) is 2. The van der Waals surface area contributed by atoms with Crippen LogP contribution in [0.4, 0.5) is 4.79 Å². The van der Waals surface area contributed by atoms with Gasteiger partial charge in [0.05, 0.1) is 6.20 Å². The van der Waals surface area contributed by atoms with Crippen LogP contribution in [-0.2, 0) is 23.3 Å². The van der Waals surface area contributed by atoms with Crippen LogP contribution in [0.2, 0.25) is 5.02 Å². The van der Waals surface area contributed by atoms with Gasteiger partial charge in [-0.1, -0.05) is 35.9 Å². The summed E-state index contributed by atoms with van der Waals surface area (Å²) in [6, 6.07) is 14.5. The summed E-state index contributed by atoms with van der Waals surface area (Å²) >= 11 is 5.91. The highest BCUT2D eigenvalue weighted by Crippen LogP contribution is 2.41. The van der Waals surface area contributed by atoms with Gasteiger partial charge in [0.1, 0.15) is 12.1 Å². The van der Waals surface area contributed by atoms with Crippen LogP contribution in [0.15, 0.2) is 59.1 Å². The highest BCUT2D eigenvalue weighted by Gasteiger charge is 2.55. The van der Waals surface area contributed by atoms with Gasteiger partial charge >= 0.3 is 6.03 Å². The molecule has 2 aromatic carbocycles. The Labute approximate surface area is 166 Å². The topological polar surface area (TPSA) is 75.4 Å². The van der Waals surface area contributed by atoms with Crippen LogP contribution >= 0.6 is 11.6 Å². The molecule has 1 aliphatic carbocycles. The van der Waals surface area contributed by atoms with Crippen molar-refractivity contribution < 1.29 is 14.0 Å². The molecule has 140 valence electrons. The summed E-state index contributed by atoms with van der Waals surface area (Å²) in [6.07, 6.45) is 2.91. The molecule has 2 aliphatic rings. The van der Waals surface area contributed by atoms with Gasteiger partial charge in [-0.15, -0.1) is 0 Å². The lowest BCUT2D eigenvalue weighted by molar-refractivity contribution is -0.132. The summed E-state index contributed by atoms with van der Waals surface area (Å²) in [5, 5.41) is 3.53. The van der Waals surface area contributed by atoms with Gasteiger partial charge < -0.3 is 9.73 Å². The number of nitrogens with one attached hydrogen (secondary N) is 1.